The van der Waals surface area contributed by atoms with Gasteiger partial charge in [-0.1, -0.05) is 19.1 Å². The second-order valence-corrected chi connectivity index (χ2v) is 8.60. The first-order valence-corrected chi connectivity index (χ1v) is 11.7. The fourth-order valence-corrected chi connectivity index (χ4v) is 4.20. The van der Waals surface area contributed by atoms with Gasteiger partial charge in [0.05, 0.1) is 32.4 Å². The second kappa shape index (κ2) is 11.8. The predicted molar refractivity (Wildman–Crippen MR) is 134 cm³/mol. The summed E-state index contributed by atoms with van der Waals surface area (Å²) in [6.45, 7) is 3.68. The molecular weight excluding hydrogens is 448 g/mol. The van der Waals surface area contributed by atoms with E-state index in [-0.39, 0.29) is 11.3 Å². The van der Waals surface area contributed by atoms with E-state index in [0.717, 1.165) is 13.0 Å². The number of rotatable bonds is 11. The molecule has 0 bridgehead atoms. The summed E-state index contributed by atoms with van der Waals surface area (Å²) in [6, 6.07) is 11.3. The molecule has 1 N–H and O–H groups in total. The van der Waals surface area contributed by atoms with Crippen LogP contribution in [0.3, 0.4) is 0 Å². The van der Waals surface area contributed by atoms with Crippen LogP contribution in [0.2, 0.25) is 0 Å². The van der Waals surface area contributed by atoms with Crippen LogP contribution in [0.25, 0.3) is 5.76 Å². The number of benzene rings is 2. The van der Waals surface area contributed by atoms with E-state index in [4.69, 9.17) is 14.2 Å². The van der Waals surface area contributed by atoms with Gasteiger partial charge in [-0.3, -0.25) is 9.59 Å². The lowest BCUT2D eigenvalue weighted by Crippen LogP contribution is -2.32. The molecule has 0 saturated carbocycles. The zero-order valence-electron chi connectivity index (χ0n) is 21.0. The Bertz CT molecular complexity index is 1080. The third-order valence-corrected chi connectivity index (χ3v) is 5.87. The number of methoxy groups -OCH3 is 2. The van der Waals surface area contributed by atoms with Crippen molar-refractivity contribution in [3.63, 3.8) is 0 Å². The van der Waals surface area contributed by atoms with Gasteiger partial charge < -0.3 is 29.1 Å². The molecule has 1 amide bonds. The Morgan fingerprint density at radius 3 is 2.37 bits per heavy atom. The average molecular weight is 483 g/mol. The Morgan fingerprint density at radius 2 is 1.77 bits per heavy atom. The van der Waals surface area contributed by atoms with Crippen LogP contribution in [-0.4, -0.2) is 74.6 Å². The molecular formula is C27H34N2O6. The summed E-state index contributed by atoms with van der Waals surface area (Å²) >= 11 is 0. The number of aliphatic hydroxyl groups is 1. The Labute approximate surface area is 206 Å². The van der Waals surface area contributed by atoms with E-state index in [2.05, 4.69) is 0 Å². The second-order valence-electron chi connectivity index (χ2n) is 8.60. The largest absolute Gasteiger partial charge is 0.507 e. The molecule has 8 heteroatoms. The average Bonchev–Trinajstić information content (AvgIpc) is 3.11. The number of carbonyl (C=O) groups excluding carboxylic acids is 2. The lowest BCUT2D eigenvalue weighted by Gasteiger charge is -2.27. The fraction of sp³-hybridized carbons (Fsp3) is 0.407. The van der Waals surface area contributed by atoms with Crippen molar-refractivity contribution >= 4 is 17.4 Å². The van der Waals surface area contributed by atoms with E-state index in [1.54, 1.807) is 42.5 Å². The molecule has 1 fully saturated rings. The number of hydrogen-bond acceptors (Lipinski definition) is 7. The Hall–Kier alpha value is -3.52. The molecule has 0 aromatic heterocycles. The standard InChI is InChI=1S/C27H34N2O6/c1-6-17-35-19-13-11-18(12-14-19)24(30)22-23(20-9-7-10-21(33-4)26(20)34-5)29(27(32)25(22)31)16-8-15-28(2)3/h7,9-14,23,30H,6,8,15-17H2,1-5H3. The summed E-state index contributed by atoms with van der Waals surface area (Å²) in [6.07, 6.45) is 1.54. The van der Waals surface area contributed by atoms with E-state index < -0.39 is 17.7 Å². The maximum absolute atomic E-state index is 13.3. The minimum Gasteiger partial charge on any atom is -0.507 e. The molecule has 1 saturated heterocycles. The van der Waals surface area contributed by atoms with Gasteiger partial charge in [0.15, 0.2) is 11.5 Å². The third kappa shape index (κ3) is 5.59. The van der Waals surface area contributed by atoms with Crippen LogP contribution in [0, 0.1) is 0 Å². The molecule has 0 radical (unpaired) electrons. The van der Waals surface area contributed by atoms with Gasteiger partial charge in [0.25, 0.3) is 11.7 Å². The van der Waals surface area contributed by atoms with Crippen LogP contribution in [0.15, 0.2) is 48.0 Å². The molecule has 2 aromatic rings. The smallest absolute Gasteiger partial charge is 0.295 e. The summed E-state index contributed by atoms with van der Waals surface area (Å²) in [5.41, 5.74) is 1.01. The highest BCUT2D eigenvalue weighted by Crippen LogP contribution is 2.45. The summed E-state index contributed by atoms with van der Waals surface area (Å²) in [5, 5.41) is 11.3. The monoisotopic (exact) mass is 482 g/mol. The topological polar surface area (TPSA) is 88.5 Å². The van der Waals surface area contributed by atoms with Crippen molar-refractivity contribution in [2.24, 2.45) is 0 Å². The van der Waals surface area contributed by atoms with Gasteiger partial charge in [0, 0.05) is 17.7 Å². The summed E-state index contributed by atoms with van der Waals surface area (Å²) in [4.78, 5) is 29.9. The van der Waals surface area contributed by atoms with Crippen molar-refractivity contribution in [1.82, 2.24) is 9.80 Å². The van der Waals surface area contributed by atoms with Gasteiger partial charge >= 0.3 is 0 Å². The number of nitrogens with zero attached hydrogens (tertiary/aromatic N) is 2. The maximum Gasteiger partial charge on any atom is 0.295 e. The van der Waals surface area contributed by atoms with Crippen LogP contribution in [0.1, 0.15) is 36.9 Å². The first-order chi connectivity index (χ1) is 16.8. The molecule has 1 heterocycles. The molecule has 8 nitrogen and oxygen atoms in total. The lowest BCUT2D eigenvalue weighted by molar-refractivity contribution is -0.140. The van der Waals surface area contributed by atoms with E-state index >= 15 is 0 Å². The lowest BCUT2D eigenvalue weighted by atomic mass is 9.94. The number of likely N-dealkylation sites (tertiary alicyclic amines) is 1. The molecule has 1 aliphatic rings. The molecule has 35 heavy (non-hydrogen) atoms. The van der Waals surface area contributed by atoms with Crippen LogP contribution in [0.4, 0.5) is 0 Å². The van der Waals surface area contributed by atoms with Gasteiger partial charge in [-0.2, -0.15) is 0 Å². The van der Waals surface area contributed by atoms with E-state index in [0.29, 0.717) is 47.9 Å². The Balaban J connectivity index is 2.12. The number of aliphatic hydroxyl groups excluding tert-OH is 1. The zero-order valence-corrected chi connectivity index (χ0v) is 21.0. The van der Waals surface area contributed by atoms with E-state index in [1.165, 1.54) is 19.1 Å². The third-order valence-electron chi connectivity index (χ3n) is 5.87. The SMILES string of the molecule is CCCOc1ccc(C(O)=C2C(=O)C(=O)N(CCCN(C)C)C2c2cccc(OC)c2OC)cc1. The number of para-hydroxylation sites is 1. The first-order valence-electron chi connectivity index (χ1n) is 11.7. The van der Waals surface area contributed by atoms with Crippen molar-refractivity contribution in [2.45, 2.75) is 25.8 Å². The van der Waals surface area contributed by atoms with Gasteiger partial charge in [-0.25, -0.2) is 0 Å². The molecule has 1 unspecified atom stereocenters. The highest BCUT2D eigenvalue weighted by atomic mass is 16.5. The number of carbonyl (C=O) groups is 2. The van der Waals surface area contributed by atoms with E-state index in [1.807, 2.05) is 25.9 Å². The van der Waals surface area contributed by atoms with Crippen molar-refractivity contribution < 1.29 is 28.9 Å². The first kappa shape index (κ1) is 26.1. The van der Waals surface area contributed by atoms with Crippen molar-refractivity contribution in [3.05, 3.63) is 59.2 Å². The van der Waals surface area contributed by atoms with Gasteiger partial charge in [0.1, 0.15) is 11.5 Å². The Morgan fingerprint density at radius 1 is 1.06 bits per heavy atom. The number of hydrogen-bond donors (Lipinski definition) is 1. The summed E-state index contributed by atoms with van der Waals surface area (Å²) in [7, 11) is 6.93. The van der Waals surface area contributed by atoms with Gasteiger partial charge in [-0.05, 0) is 63.8 Å². The molecule has 0 spiro atoms. The normalized spacial score (nSPS) is 17.2. The molecule has 1 aliphatic heterocycles. The molecule has 2 aromatic carbocycles. The number of amides is 1. The van der Waals surface area contributed by atoms with Crippen LogP contribution >= 0.6 is 0 Å². The predicted octanol–water partition coefficient (Wildman–Crippen LogP) is 3.87. The van der Waals surface area contributed by atoms with Crippen LogP contribution < -0.4 is 14.2 Å². The fourth-order valence-electron chi connectivity index (χ4n) is 4.20. The van der Waals surface area contributed by atoms with Gasteiger partial charge in [0.2, 0.25) is 0 Å². The minimum atomic E-state index is -0.821. The molecule has 1 atom stereocenters. The highest BCUT2D eigenvalue weighted by Gasteiger charge is 2.47. The summed E-state index contributed by atoms with van der Waals surface area (Å²) in [5.74, 6) is -0.0689. The van der Waals surface area contributed by atoms with E-state index in [9.17, 15) is 14.7 Å². The number of ether oxygens (including phenoxy) is 3. The summed E-state index contributed by atoms with van der Waals surface area (Å²) < 4.78 is 16.7. The minimum absolute atomic E-state index is 0.0219. The van der Waals surface area contributed by atoms with Crippen LogP contribution in [-0.2, 0) is 9.59 Å². The number of ketones is 1. The van der Waals surface area contributed by atoms with Crippen molar-refractivity contribution in [1.29, 1.82) is 0 Å². The maximum atomic E-state index is 13.3. The van der Waals surface area contributed by atoms with Crippen molar-refractivity contribution in [2.75, 3.05) is 48.0 Å². The molecule has 188 valence electrons. The van der Waals surface area contributed by atoms with Crippen molar-refractivity contribution in [3.8, 4) is 17.2 Å². The Kier molecular flexibility index (Phi) is 8.76. The highest BCUT2D eigenvalue weighted by molar-refractivity contribution is 6.46. The quantitative estimate of drug-likeness (QED) is 0.296. The zero-order chi connectivity index (χ0) is 25.5. The van der Waals surface area contributed by atoms with Crippen LogP contribution in [0.5, 0.6) is 17.2 Å². The van der Waals surface area contributed by atoms with Gasteiger partial charge in [-0.15, -0.1) is 0 Å². The molecule has 3 rings (SSSR count). The molecule has 0 aliphatic carbocycles. The number of Topliss-reactive ketones (excluding diaryl/α,β-unsaturated/α-hetero) is 1.